The SMILES string of the molecule is N#Cc1ccc(Oc2cncc(Br)c2)cn1. The van der Waals surface area contributed by atoms with Crippen molar-refractivity contribution < 1.29 is 4.74 Å². The van der Waals surface area contributed by atoms with Crippen LogP contribution in [0.5, 0.6) is 11.5 Å². The zero-order chi connectivity index (χ0) is 11.4. The minimum Gasteiger partial charge on any atom is -0.454 e. The highest BCUT2D eigenvalue weighted by atomic mass is 79.9. The van der Waals surface area contributed by atoms with Gasteiger partial charge in [-0.3, -0.25) is 4.98 Å². The van der Waals surface area contributed by atoms with Gasteiger partial charge in [0, 0.05) is 10.7 Å². The molecule has 78 valence electrons. The van der Waals surface area contributed by atoms with Gasteiger partial charge in [0.15, 0.2) is 0 Å². The monoisotopic (exact) mass is 275 g/mol. The second-order valence-electron chi connectivity index (χ2n) is 2.93. The summed E-state index contributed by atoms with van der Waals surface area (Å²) in [5, 5.41) is 8.59. The lowest BCUT2D eigenvalue weighted by Gasteiger charge is -2.04. The predicted octanol–water partition coefficient (Wildman–Crippen LogP) is 2.90. The number of pyridine rings is 2. The van der Waals surface area contributed by atoms with Crippen LogP contribution in [-0.2, 0) is 0 Å². The first kappa shape index (κ1) is 10.6. The molecule has 0 N–H and O–H groups in total. The van der Waals surface area contributed by atoms with Crippen LogP contribution in [-0.4, -0.2) is 9.97 Å². The smallest absolute Gasteiger partial charge is 0.146 e. The Morgan fingerprint density at radius 2 is 2.06 bits per heavy atom. The van der Waals surface area contributed by atoms with Crippen molar-refractivity contribution >= 4 is 15.9 Å². The van der Waals surface area contributed by atoms with E-state index in [2.05, 4.69) is 25.9 Å². The van der Waals surface area contributed by atoms with Crippen LogP contribution < -0.4 is 4.74 Å². The van der Waals surface area contributed by atoms with Crippen molar-refractivity contribution in [3.05, 3.63) is 47.0 Å². The summed E-state index contributed by atoms with van der Waals surface area (Å²) in [5.74, 6) is 1.18. The number of hydrogen-bond acceptors (Lipinski definition) is 4. The van der Waals surface area contributed by atoms with Crippen LogP contribution in [0.3, 0.4) is 0 Å². The summed E-state index contributed by atoms with van der Waals surface area (Å²) in [7, 11) is 0. The van der Waals surface area contributed by atoms with Crippen molar-refractivity contribution in [3.63, 3.8) is 0 Å². The fraction of sp³-hybridized carbons (Fsp3) is 0. The molecule has 0 spiro atoms. The summed E-state index contributed by atoms with van der Waals surface area (Å²) in [4.78, 5) is 7.87. The van der Waals surface area contributed by atoms with Crippen molar-refractivity contribution in [1.82, 2.24) is 9.97 Å². The van der Waals surface area contributed by atoms with Crippen molar-refractivity contribution in [1.29, 1.82) is 5.26 Å². The third-order valence-electron chi connectivity index (χ3n) is 1.77. The number of aromatic nitrogens is 2. The lowest BCUT2D eigenvalue weighted by atomic mass is 10.3. The van der Waals surface area contributed by atoms with Crippen LogP contribution in [0.2, 0.25) is 0 Å². The minimum atomic E-state index is 0.361. The van der Waals surface area contributed by atoms with Gasteiger partial charge in [-0.25, -0.2) is 4.98 Å². The average Bonchev–Trinajstić information content (AvgIpc) is 2.30. The van der Waals surface area contributed by atoms with E-state index in [1.165, 1.54) is 6.20 Å². The Balaban J connectivity index is 2.18. The minimum absolute atomic E-state index is 0.361. The van der Waals surface area contributed by atoms with E-state index >= 15 is 0 Å². The molecule has 0 atom stereocenters. The third-order valence-corrected chi connectivity index (χ3v) is 2.20. The molecule has 0 aliphatic rings. The molecule has 5 heteroatoms. The Hall–Kier alpha value is -1.93. The highest BCUT2D eigenvalue weighted by molar-refractivity contribution is 9.10. The van der Waals surface area contributed by atoms with Gasteiger partial charge in [-0.1, -0.05) is 0 Å². The maximum atomic E-state index is 8.59. The molecule has 0 aliphatic heterocycles. The van der Waals surface area contributed by atoms with Gasteiger partial charge < -0.3 is 4.74 Å². The molecule has 0 bridgehead atoms. The van der Waals surface area contributed by atoms with Crippen molar-refractivity contribution in [2.75, 3.05) is 0 Å². The quantitative estimate of drug-likeness (QED) is 0.846. The molecule has 0 radical (unpaired) electrons. The number of halogens is 1. The first-order chi connectivity index (χ1) is 7.78. The molecular formula is C11H6BrN3O. The van der Waals surface area contributed by atoms with E-state index in [4.69, 9.17) is 10.00 Å². The van der Waals surface area contributed by atoms with E-state index in [1.807, 2.05) is 6.07 Å². The zero-order valence-electron chi connectivity index (χ0n) is 8.09. The number of ether oxygens (including phenoxy) is 1. The molecule has 2 aromatic heterocycles. The molecule has 16 heavy (non-hydrogen) atoms. The van der Waals surface area contributed by atoms with Crippen molar-refractivity contribution in [2.24, 2.45) is 0 Å². The van der Waals surface area contributed by atoms with Gasteiger partial charge in [0.2, 0.25) is 0 Å². The zero-order valence-corrected chi connectivity index (χ0v) is 9.68. The molecule has 0 saturated carbocycles. The van der Waals surface area contributed by atoms with E-state index in [1.54, 1.807) is 30.6 Å². The van der Waals surface area contributed by atoms with E-state index in [-0.39, 0.29) is 0 Å². The Morgan fingerprint density at radius 3 is 2.69 bits per heavy atom. The Labute approximate surface area is 101 Å². The maximum Gasteiger partial charge on any atom is 0.146 e. The number of nitrogens with zero attached hydrogens (tertiary/aromatic N) is 3. The highest BCUT2D eigenvalue weighted by Crippen LogP contribution is 2.22. The molecule has 0 aromatic carbocycles. The summed E-state index contributed by atoms with van der Waals surface area (Å²) in [6.07, 6.45) is 4.77. The Bertz CT molecular complexity index is 534. The Kier molecular flexibility index (Phi) is 3.13. The van der Waals surface area contributed by atoms with Crippen LogP contribution in [0.15, 0.2) is 41.3 Å². The third kappa shape index (κ3) is 2.55. The summed E-state index contributed by atoms with van der Waals surface area (Å²) in [6, 6.07) is 7.02. The highest BCUT2D eigenvalue weighted by Gasteiger charge is 1.99. The number of hydrogen-bond donors (Lipinski definition) is 0. The molecular weight excluding hydrogens is 270 g/mol. The molecule has 2 aromatic rings. The normalized spacial score (nSPS) is 9.50. The summed E-state index contributed by atoms with van der Waals surface area (Å²) in [6.45, 7) is 0. The van der Waals surface area contributed by atoms with E-state index in [9.17, 15) is 0 Å². The summed E-state index contributed by atoms with van der Waals surface area (Å²) in [5.41, 5.74) is 0.361. The van der Waals surface area contributed by atoms with E-state index < -0.39 is 0 Å². The maximum absolute atomic E-state index is 8.59. The standard InChI is InChI=1S/C11H6BrN3O/c12-8-3-11(6-14-5-8)16-10-2-1-9(4-13)15-7-10/h1-3,5-7H. The molecule has 2 rings (SSSR count). The predicted molar refractivity (Wildman–Crippen MR) is 61.0 cm³/mol. The lowest BCUT2D eigenvalue weighted by Crippen LogP contribution is -1.87. The fourth-order valence-electron chi connectivity index (χ4n) is 1.09. The van der Waals surface area contributed by atoms with Crippen LogP contribution in [0.4, 0.5) is 0 Å². The van der Waals surface area contributed by atoms with Gasteiger partial charge in [-0.05, 0) is 34.1 Å². The number of nitriles is 1. The average molecular weight is 276 g/mol. The van der Waals surface area contributed by atoms with Crippen molar-refractivity contribution in [2.45, 2.75) is 0 Å². The molecule has 4 nitrogen and oxygen atoms in total. The van der Waals surface area contributed by atoms with E-state index in [0.717, 1.165) is 4.47 Å². The Morgan fingerprint density at radius 1 is 1.19 bits per heavy atom. The van der Waals surface area contributed by atoms with Crippen LogP contribution in [0, 0.1) is 11.3 Å². The molecule has 0 aliphatic carbocycles. The van der Waals surface area contributed by atoms with Crippen LogP contribution in [0.1, 0.15) is 5.69 Å². The molecule has 0 saturated heterocycles. The van der Waals surface area contributed by atoms with Gasteiger partial charge in [0.25, 0.3) is 0 Å². The lowest BCUT2D eigenvalue weighted by molar-refractivity contribution is 0.477. The second kappa shape index (κ2) is 4.73. The molecule has 0 amide bonds. The van der Waals surface area contributed by atoms with Crippen molar-refractivity contribution in [3.8, 4) is 17.6 Å². The van der Waals surface area contributed by atoms with Gasteiger partial charge in [-0.2, -0.15) is 5.26 Å². The first-order valence-electron chi connectivity index (χ1n) is 4.42. The van der Waals surface area contributed by atoms with Gasteiger partial charge in [0.1, 0.15) is 23.3 Å². The van der Waals surface area contributed by atoms with Crippen LogP contribution >= 0.6 is 15.9 Å². The van der Waals surface area contributed by atoms with Gasteiger partial charge in [-0.15, -0.1) is 0 Å². The first-order valence-corrected chi connectivity index (χ1v) is 5.22. The molecule has 0 unspecified atom stereocenters. The summed E-state index contributed by atoms with van der Waals surface area (Å²) < 4.78 is 6.33. The van der Waals surface area contributed by atoms with Crippen LogP contribution in [0.25, 0.3) is 0 Å². The topological polar surface area (TPSA) is 58.8 Å². The fourth-order valence-corrected chi connectivity index (χ4v) is 1.43. The summed E-state index contributed by atoms with van der Waals surface area (Å²) >= 11 is 3.30. The molecule has 0 fully saturated rings. The van der Waals surface area contributed by atoms with E-state index in [0.29, 0.717) is 17.2 Å². The number of rotatable bonds is 2. The molecule has 2 heterocycles. The largest absolute Gasteiger partial charge is 0.454 e. The van der Waals surface area contributed by atoms with Gasteiger partial charge >= 0.3 is 0 Å². The van der Waals surface area contributed by atoms with Gasteiger partial charge in [0.05, 0.1) is 12.4 Å². The second-order valence-corrected chi connectivity index (χ2v) is 3.85.